The van der Waals surface area contributed by atoms with E-state index in [1.807, 2.05) is 31.3 Å². The quantitative estimate of drug-likeness (QED) is 0.834. The molecule has 0 radical (unpaired) electrons. The Hall–Kier alpha value is -2.34. The van der Waals surface area contributed by atoms with E-state index < -0.39 is 0 Å². The number of hydrogen-bond acceptors (Lipinski definition) is 5. The number of nitrogens with zero attached hydrogens (tertiary/aromatic N) is 3. The number of rotatable bonds is 5. The summed E-state index contributed by atoms with van der Waals surface area (Å²) in [5, 5.41) is 4.05. The van der Waals surface area contributed by atoms with Crippen LogP contribution >= 0.6 is 0 Å². The van der Waals surface area contributed by atoms with Crippen LogP contribution in [-0.2, 0) is 6.54 Å². The highest BCUT2D eigenvalue weighted by atomic mass is 16.6. The maximum absolute atomic E-state index is 11.6. The molecule has 0 unspecified atom stereocenters. The molecule has 0 fully saturated rings. The maximum atomic E-state index is 11.6. The summed E-state index contributed by atoms with van der Waals surface area (Å²) in [6.07, 6.45) is 2.32. The molecular weight excluding hydrogens is 282 g/mol. The lowest BCUT2D eigenvalue weighted by Crippen LogP contribution is -2.44. The number of para-hydroxylation sites is 2. The molecule has 1 aliphatic heterocycles. The number of hydrogen-bond donors (Lipinski definition) is 0. The average Bonchev–Trinajstić information content (AvgIpc) is 2.56. The summed E-state index contributed by atoms with van der Waals surface area (Å²) >= 11 is 0. The smallest absolute Gasteiger partial charge is 0.266 e. The van der Waals surface area contributed by atoms with Gasteiger partial charge in [0, 0.05) is 25.4 Å². The molecule has 1 atom stereocenters. The highest BCUT2D eigenvalue weighted by Crippen LogP contribution is 2.31. The largest absolute Gasteiger partial charge is 0.484 e. The summed E-state index contributed by atoms with van der Waals surface area (Å²) in [5.74, 6) is 1.55. The molecule has 0 saturated carbocycles. The monoisotopic (exact) mass is 301 g/mol. The first-order valence-corrected chi connectivity index (χ1v) is 7.35. The van der Waals surface area contributed by atoms with Crippen LogP contribution in [0, 0.1) is 0 Å². The molecule has 0 saturated heterocycles. The van der Waals surface area contributed by atoms with Gasteiger partial charge in [0.15, 0.2) is 17.7 Å². The zero-order valence-electron chi connectivity index (χ0n) is 12.5. The number of fused-ring (bicyclic) bond motifs is 1. The van der Waals surface area contributed by atoms with Crippen LogP contribution in [0.15, 0.2) is 47.4 Å². The number of aryl methyl sites for hydroxylation is 1. The maximum Gasteiger partial charge on any atom is 0.266 e. The molecule has 22 heavy (non-hydrogen) atoms. The second-order valence-electron chi connectivity index (χ2n) is 5.25. The van der Waals surface area contributed by atoms with Gasteiger partial charge in [-0.2, -0.15) is 5.10 Å². The molecule has 0 N–H and O–H groups in total. The molecule has 0 aliphatic carbocycles. The minimum atomic E-state index is -0.115. The molecule has 0 amide bonds. The van der Waals surface area contributed by atoms with Gasteiger partial charge in [-0.1, -0.05) is 12.1 Å². The van der Waals surface area contributed by atoms with Gasteiger partial charge < -0.3 is 9.47 Å². The highest BCUT2D eigenvalue weighted by Gasteiger charge is 2.23. The standard InChI is InChI=1S/C16H19N3O3/c1-18(10-5-11-19-15(20)8-4-9-17-19)16-12-21-13-6-2-3-7-14(13)22-16/h2-4,6-9,16H,5,10-12H2,1H3/t16-/m0/s1. The Labute approximate surface area is 128 Å². The van der Waals surface area contributed by atoms with Crippen LogP contribution in [0.5, 0.6) is 11.5 Å². The molecule has 1 aromatic carbocycles. The first kappa shape index (κ1) is 14.6. The van der Waals surface area contributed by atoms with Crippen LogP contribution in [0.2, 0.25) is 0 Å². The number of likely N-dealkylation sites (N-methyl/N-ethyl adjacent to an activating group) is 1. The van der Waals surface area contributed by atoms with Crippen LogP contribution in [0.25, 0.3) is 0 Å². The first-order valence-electron chi connectivity index (χ1n) is 7.35. The van der Waals surface area contributed by atoms with E-state index >= 15 is 0 Å². The third-order valence-electron chi connectivity index (χ3n) is 3.65. The molecule has 0 spiro atoms. The summed E-state index contributed by atoms with van der Waals surface area (Å²) in [4.78, 5) is 13.7. The Morgan fingerprint density at radius 3 is 2.91 bits per heavy atom. The van der Waals surface area contributed by atoms with Crippen molar-refractivity contribution in [3.63, 3.8) is 0 Å². The van der Waals surface area contributed by atoms with Gasteiger partial charge >= 0.3 is 0 Å². The number of benzene rings is 1. The fourth-order valence-corrected chi connectivity index (χ4v) is 2.39. The van der Waals surface area contributed by atoms with Crippen molar-refractivity contribution in [1.82, 2.24) is 14.7 Å². The molecule has 6 heteroatoms. The molecule has 2 aromatic rings. The van der Waals surface area contributed by atoms with Gasteiger partial charge in [-0.3, -0.25) is 9.69 Å². The molecule has 1 aliphatic rings. The summed E-state index contributed by atoms with van der Waals surface area (Å²) in [6.45, 7) is 1.88. The third kappa shape index (κ3) is 3.28. The van der Waals surface area contributed by atoms with E-state index in [2.05, 4.69) is 10.00 Å². The molecule has 6 nitrogen and oxygen atoms in total. The van der Waals surface area contributed by atoms with Crippen LogP contribution in [0.1, 0.15) is 6.42 Å². The second kappa shape index (κ2) is 6.62. The lowest BCUT2D eigenvalue weighted by Gasteiger charge is -2.32. The van der Waals surface area contributed by atoms with Crippen molar-refractivity contribution in [2.24, 2.45) is 0 Å². The Morgan fingerprint density at radius 1 is 1.27 bits per heavy atom. The molecule has 2 heterocycles. The van der Waals surface area contributed by atoms with E-state index in [0.717, 1.165) is 24.5 Å². The van der Waals surface area contributed by atoms with Crippen LogP contribution in [0.4, 0.5) is 0 Å². The Morgan fingerprint density at radius 2 is 2.09 bits per heavy atom. The van der Waals surface area contributed by atoms with Gasteiger partial charge in [0.05, 0.1) is 0 Å². The lowest BCUT2D eigenvalue weighted by molar-refractivity contribution is -0.0161. The topological polar surface area (TPSA) is 56.6 Å². The van der Waals surface area contributed by atoms with Crippen molar-refractivity contribution in [2.75, 3.05) is 20.2 Å². The van der Waals surface area contributed by atoms with E-state index in [0.29, 0.717) is 13.2 Å². The van der Waals surface area contributed by atoms with E-state index in [9.17, 15) is 4.79 Å². The first-order chi connectivity index (χ1) is 10.7. The van der Waals surface area contributed by atoms with E-state index in [4.69, 9.17) is 9.47 Å². The molecule has 3 rings (SSSR count). The molecule has 116 valence electrons. The second-order valence-corrected chi connectivity index (χ2v) is 5.25. The minimum Gasteiger partial charge on any atom is -0.484 e. The summed E-state index contributed by atoms with van der Waals surface area (Å²) in [7, 11) is 1.99. The fourth-order valence-electron chi connectivity index (χ4n) is 2.39. The normalized spacial score (nSPS) is 16.7. The van der Waals surface area contributed by atoms with Gasteiger partial charge in [-0.05, 0) is 31.7 Å². The SMILES string of the molecule is CN(CCCn1ncccc1=O)[C@@H]1COc2ccccc2O1. The molecule has 1 aromatic heterocycles. The fraction of sp³-hybridized carbons (Fsp3) is 0.375. The van der Waals surface area contributed by atoms with Gasteiger partial charge in [-0.15, -0.1) is 0 Å². The third-order valence-corrected chi connectivity index (χ3v) is 3.65. The van der Waals surface area contributed by atoms with E-state index in [1.54, 1.807) is 12.3 Å². The van der Waals surface area contributed by atoms with Crippen LogP contribution in [-0.4, -0.2) is 41.1 Å². The summed E-state index contributed by atoms with van der Waals surface area (Å²) < 4.78 is 13.1. The minimum absolute atomic E-state index is 0.0728. The van der Waals surface area contributed by atoms with Crippen molar-refractivity contribution in [3.05, 3.63) is 52.9 Å². The van der Waals surface area contributed by atoms with Gasteiger partial charge in [0.25, 0.3) is 5.56 Å². The molecule has 0 bridgehead atoms. The van der Waals surface area contributed by atoms with Crippen LogP contribution in [0.3, 0.4) is 0 Å². The Kier molecular flexibility index (Phi) is 4.39. The zero-order valence-corrected chi connectivity index (χ0v) is 12.5. The Balaban J connectivity index is 1.52. The Bertz CT molecular complexity index is 686. The van der Waals surface area contributed by atoms with Crippen molar-refractivity contribution in [3.8, 4) is 11.5 Å². The van der Waals surface area contributed by atoms with E-state index in [-0.39, 0.29) is 11.8 Å². The van der Waals surface area contributed by atoms with Gasteiger partial charge in [0.2, 0.25) is 0 Å². The summed E-state index contributed by atoms with van der Waals surface area (Å²) in [5.41, 5.74) is -0.0728. The number of ether oxygens (including phenoxy) is 2. The van der Waals surface area contributed by atoms with Crippen molar-refractivity contribution >= 4 is 0 Å². The van der Waals surface area contributed by atoms with Crippen LogP contribution < -0.4 is 15.0 Å². The van der Waals surface area contributed by atoms with Crippen molar-refractivity contribution in [1.29, 1.82) is 0 Å². The van der Waals surface area contributed by atoms with Gasteiger partial charge in [-0.25, -0.2) is 4.68 Å². The van der Waals surface area contributed by atoms with Crippen molar-refractivity contribution in [2.45, 2.75) is 19.2 Å². The van der Waals surface area contributed by atoms with Gasteiger partial charge in [0.1, 0.15) is 6.61 Å². The highest BCUT2D eigenvalue weighted by molar-refractivity contribution is 5.40. The summed E-state index contributed by atoms with van der Waals surface area (Å²) in [6, 6.07) is 10.8. The molecular formula is C16H19N3O3. The predicted octanol–water partition coefficient (Wildman–Crippen LogP) is 1.36. The zero-order chi connectivity index (χ0) is 15.4. The lowest BCUT2D eigenvalue weighted by atomic mass is 10.3. The predicted molar refractivity (Wildman–Crippen MR) is 82.1 cm³/mol. The average molecular weight is 301 g/mol. The number of aromatic nitrogens is 2. The van der Waals surface area contributed by atoms with Crippen molar-refractivity contribution < 1.29 is 9.47 Å². The van der Waals surface area contributed by atoms with E-state index in [1.165, 1.54) is 10.7 Å².